The molecule has 0 aliphatic rings. The Morgan fingerprint density at radius 1 is 0.682 bits per heavy atom. The van der Waals surface area contributed by atoms with Crippen molar-refractivity contribution in [3.05, 3.63) is 97.1 Å². The van der Waals surface area contributed by atoms with Crippen LogP contribution < -0.4 is 0 Å². The molecule has 0 fully saturated rings. The molecular formula is C37H60N2O3Si2. The Morgan fingerprint density at radius 2 is 1.00 bits per heavy atom. The molecule has 7 heteroatoms. The first-order valence-corrected chi connectivity index (χ1v) is 21.9. The van der Waals surface area contributed by atoms with Gasteiger partial charge >= 0.3 is 6.03 Å². The molecule has 0 saturated carbocycles. The minimum Gasteiger partial charge on any atom is -0.415 e. The van der Waals surface area contributed by atoms with Crippen LogP contribution in [0.25, 0.3) is 0 Å². The van der Waals surface area contributed by atoms with E-state index in [1.165, 1.54) is 11.1 Å². The van der Waals surface area contributed by atoms with Crippen molar-refractivity contribution >= 4 is 22.7 Å². The van der Waals surface area contributed by atoms with Gasteiger partial charge in [-0.05, 0) is 60.2 Å². The fraction of sp³-hybridized carbons (Fsp3) is 0.541. The van der Waals surface area contributed by atoms with Crippen LogP contribution in [0.2, 0.25) is 36.3 Å². The van der Waals surface area contributed by atoms with Crippen LogP contribution in [0.1, 0.15) is 52.7 Å². The maximum Gasteiger partial charge on any atom is 0.321 e. The molecule has 0 aromatic heterocycles. The zero-order chi connectivity index (χ0) is 33.2. The topological polar surface area (TPSA) is 42.0 Å². The van der Waals surface area contributed by atoms with Gasteiger partial charge in [-0.3, -0.25) is 0 Å². The lowest BCUT2D eigenvalue weighted by atomic mass is 10.0. The summed E-state index contributed by atoms with van der Waals surface area (Å²) >= 11 is 0. The van der Waals surface area contributed by atoms with Crippen molar-refractivity contribution < 1.29 is 13.6 Å². The molecule has 2 rings (SSSR count). The molecule has 44 heavy (non-hydrogen) atoms. The molecule has 0 spiro atoms. The summed E-state index contributed by atoms with van der Waals surface area (Å²) in [6.45, 7) is 32.5. The number of rotatable bonds is 16. The van der Waals surface area contributed by atoms with E-state index in [1.807, 2.05) is 34.1 Å². The zero-order valence-corrected chi connectivity index (χ0v) is 31.4. The molecule has 2 aromatic rings. The molecule has 0 unspecified atom stereocenters. The minimum absolute atomic E-state index is 0.0377. The van der Waals surface area contributed by atoms with Gasteiger partial charge in [0.2, 0.25) is 0 Å². The lowest BCUT2D eigenvalue weighted by Crippen LogP contribution is -2.56. The summed E-state index contributed by atoms with van der Waals surface area (Å²) in [6.07, 6.45) is 5.04. The summed E-state index contributed by atoms with van der Waals surface area (Å²) in [7, 11) is -4.13. The van der Waals surface area contributed by atoms with Crippen molar-refractivity contribution in [2.24, 2.45) is 0 Å². The second-order valence-electron chi connectivity index (χ2n) is 15.0. The van der Waals surface area contributed by atoms with Crippen molar-refractivity contribution in [3.8, 4) is 0 Å². The van der Waals surface area contributed by atoms with Gasteiger partial charge in [-0.2, -0.15) is 0 Å². The van der Waals surface area contributed by atoms with Crippen LogP contribution in [0.5, 0.6) is 0 Å². The summed E-state index contributed by atoms with van der Waals surface area (Å²) in [4.78, 5) is 18.7. The summed E-state index contributed by atoms with van der Waals surface area (Å²) in [6, 6.07) is 20.4. The number of hydrogen-bond acceptors (Lipinski definition) is 3. The Bertz CT molecular complexity index is 1080. The van der Waals surface area contributed by atoms with Crippen LogP contribution in [0.15, 0.2) is 86.0 Å². The van der Waals surface area contributed by atoms with Crippen LogP contribution in [-0.2, 0) is 21.7 Å². The number of urea groups is 1. The van der Waals surface area contributed by atoms with E-state index in [0.717, 1.165) is 0 Å². The first-order valence-electron chi connectivity index (χ1n) is 16.1. The minimum atomic E-state index is -2.06. The highest BCUT2D eigenvalue weighted by atomic mass is 28.4. The van der Waals surface area contributed by atoms with E-state index < -0.39 is 16.6 Å². The zero-order valence-electron chi connectivity index (χ0n) is 29.4. The van der Waals surface area contributed by atoms with Crippen molar-refractivity contribution in [2.45, 2.75) is 103 Å². The molecule has 0 radical (unpaired) electrons. The van der Waals surface area contributed by atoms with Gasteiger partial charge in [-0.15, -0.1) is 13.2 Å². The predicted molar refractivity (Wildman–Crippen MR) is 193 cm³/mol. The number of benzene rings is 2. The number of nitrogens with zero attached hydrogens (tertiary/aromatic N) is 2. The van der Waals surface area contributed by atoms with E-state index in [-0.39, 0.29) is 28.2 Å². The first kappa shape index (κ1) is 37.7. The highest BCUT2D eigenvalue weighted by molar-refractivity contribution is 6.74. The molecule has 0 aliphatic heterocycles. The fourth-order valence-corrected chi connectivity index (χ4v) is 6.63. The lowest BCUT2D eigenvalue weighted by Gasteiger charge is -2.43. The Labute approximate surface area is 271 Å². The van der Waals surface area contributed by atoms with Crippen LogP contribution in [0.4, 0.5) is 4.79 Å². The SMILES string of the molecule is C=CCN(C(=O)N(CC=C)[C@@H](CO[Si](C)(C)C(C)(C)C)Cc1ccccc1)[C@@H](CO[Si](C)(C)C(C)(C)C)Cc1ccccc1. The molecule has 5 nitrogen and oxygen atoms in total. The van der Waals surface area contributed by atoms with E-state index >= 15 is 0 Å². The van der Waals surface area contributed by atoms with E-state index in [2.05, 4.69) is 129 Å². The molecule has 0 aliphatic carbocycles. The second-order valence-corrected chi connectivity index (χ2v) is 24.6. The third-order valence-corrected chi connectivity index (χ3v) is 18.5. The van der Waals surface area contributed by atoms with E-state index in [9.17, 15) is 4.79 Å². The third kappa shape index (κ3) is 10.9. The van der Waals surface area contributed by atoms with E-state index in [1.54, 1.807) is 0 Å². The van der Waals surface area contributed by atoms with E-state index in [4.69, 9.17) is 8.85 Å². The third-order valence-electron chi connectivity index (χ3n) is 9.54. The number of carbonyl (C=O) groups excluding carboxylic acids is 1. The normalized spacial score (nSPS) is 14.0. The monoisotopic (exact) mass is 636 g/mol. The predicted octanol–water partition coefficient (Wildman–Crippen LogP) is 9.35. The van der Waals surface area contributed by atoms with Crippen LogP contribution in [0.3, 0.4) is 0 Å². The maximum atomic E-state index is 14.8. The molecule has 0 bridgehead atoms. The summed E-state index contributed by atoms with van der Waals surface area (Å²) in [5.74, 6) is 0. The van der Waals surface area contributed by atoms with Gasteiger partial charge in [0, 0.05) is 13.1 Å². The fourth-order valence-electron chi connectivity index (χ4n) is 4.54. The smallest absolute Gasteiger partial charge is 0.321 e. The molecule has 2 amide bonds. The highest BCUT2D eigenvalue weighted by Gasteiger charge is 2.41. The molecule has 244 valence electrons. The highest BCUT2D eigenvalue weighted by Crippen LogP contribution is 2.38. The van der Waals surface area contributed by atoms with Crippen LogP contribution in [0, 0.1) is 0 Å². The van der Waals surface area contributed by atoms with Gasteiger partial charge in [0.15, 0.2) is 16.6 Å². The van der Waals surface area contributed by atoms with Crippen molar-refractivity contribution in [3.63, 3.8) is 0 Å². The summed E-state index contributed by atoms with van der Waals surface area (Å²) in [5.41, 5.74) is 2.35. The Kier molecular flexibility index (Phi) is 13.9. The summed E-state index contributed by atoms with van der Waals surface area (Å²) in [5, 5.41) is 0.128. The average Bonchev–Trinajstić information content (AvgIpc) is 2.95. The van der Waals surface area contributed by atoms with Crippen molar-refractivity contribution in [1.82, 2.24) is 9.80 Å². The van der Waals surface area contributed by atoms with Gasteiger partial charge < -0.3 is 18.7 Å². The Morgan fingerprint density at radius 3 is 1.27 bits per heavy atom. The molecule has 0 N–H and O–H groups in total. The van der Waals surface area contributed by atoms with Crippen molar-refractivity contribution in [2.75, 3.05) is 26.3 Å². The van der Waals surface area contributed by atoms with Gasteiger partial charge in [-0.25, -0.2) is 4.79 Å². The number of hydrogen-bond donors (Lipinski definition) is 0. The van der Waals surface area contributed by atoms with Gasteiger partial charge in [0.05, 0.1) is 25.3 Å². The van der Waals surface area contributed by atoms with E-state index in [0.29, 0.717) is 39.1 Å². The molecular weight excluding hydrogens is 577 g/mol. The summed E-state index contributed by atoms with van der Waals surface area (Å²) < 4.78 is 13.6. The largest absolute Gasteiger partial charge is 0.415 e. The maximum absolute atomic E-state index is 14.8. The Hall–Kier alpha value is -2.46. The van der Waals surface area contributed by atoms with Crippen LogP contribution in [-0.4, -0.2) is 70.9 Å². The quantitative estimate of drug-likeness (QED) is 0.136. The molecule has 2 aromatic carbocycles. The number of carbonyl (C=O) groups is 1. The average molecular weight is 637 g/mol. The molecule has 0 heterocycles. The van der Waals surface area contributed by atoms with Crippen LogP contribution >= 0.6 is 0 Å². The molecule has 2 atom stereocenters. The van der Waals surface area contributed by atoms with Gasteiger partial charge in [0.25, 0.3) is 0 Å². The second kappa shape index (κ2) is 16.2. The van der Waals surface area contributed by atoms with Crippen molar-refractivity contribution in [1.29, 1.82) is 0 Å². The number of amides is 2. The molecule has 0 saturated heterocycles. The standard InChI is InChI=1S/C37H60N2O3Si2/c1-13-25-38(33(27-31-21-17-15-18-22-31)29-41-43(9,10)36(3,4)5)35(40)39(26-14-2)34(28-32-23-19-16-20-24-32)30-42-44(11,12)37(6,7)8/h13-24,33-34H,1-2,25-30H2,3-12H3/t33-,34-/m1/s1. The van der Waals surface area contributed by atoms with Gasteiger partial charge in [0.1, 0.15) is 0 Å². The van der Waals surface area contributed by atoms with Gasteiger partial charge in [-0.1, -0.05) is 114 Å². The first-order chi connectivity index (χ1) is 20.4. The lowest BCUT2D eigenvalue weighted by molar-refractivity contribution is 0.0906. The Balaban J connectivity index is 2.53.